The standard InChI is InChI=1S/C13H19N3O2/c14-6-9-2-1-3-11(9)8-18-12-5-4-10(7-16-12)13(15)17/h4-5,7,9,11H,1-3,6,8,14H2,(H2,15,17). The second-order valence-corrected chi connectivity index (χ2v) is 4.75. The number of pyridine rings is 1. The minimum absolute atomic E-state index is 0.392. The van der Waals surface area contributed by atoms with E-state index in [-0.39, 0.29) is 0 Å². The summed E-state index contributed by atoms with van der Waals surface area (Å²) >= 11 is 0. The quantitative estimate of drug-likeness (QED) is 0.812. The Bertz CT molecular complexity index is 405. The number of rotatable bonds is 5. The molecule has 18 heavy (non-hydrogen) atoms. The van der Waals surface area contributed by atoms with Gasteiger partial charge in [-0.1, -0.05) is 6.42 Å². The fraction of sp³-hybridized carbons (Fsp3) is 0.538. The fourth-order valence-electron chi connectivity index (χ4n) is 2.45. The maximum atomic E-state index is 10.9. The van der Waals surface area contributed by atoms with Crippen LogP contribution >= 0.6 is 0 Å². The number of primary amides is 1. The molecule has 1 aliphatic carbocycles. The van der Waals surface area contributed by atoms with Crippen LogP contribution in [0.1, 0.15) is 29.6 Å². The number of hydrogen-bond donors (Lipinski definition) is 2. The van der Waals surface area contributed by atoms with Crippen LogP contribution in [-0.2, 0) is 0 Å². The van der Waals surface area contributed by atoms with E-state index in [1.54, 1.807) is 12.1 Å². The second-order valence-electron chi connectivity index (χ2n) is 4.75. The monoisotopic (exact) mass is 249 g/mol. The zero-order valence-electron chi connectivity index (χ0n) is 10.3. The molecule has 1 aromatic rings. The van der Waals surface area contributed by atoms with Gasteiger partial charge in [-0.3, -0.25) is 4.79 Å². The lowest BCUT2D eigenvalue weighted by Gasteiger charge is -2.17. The van der Waals surface area contributed by atoms with Crippen LogP contribution in [0.25, 0.3) is 0 Å². The molecule has 0 aliphatic heterocycles. The minimum Gasteiger partial charge on any atom is -0.477 e. The van der Waals surface area contributed by atoms with Crippen LogP contribution in [0.3, 0.4) is 0 Å². The average Bonchev–Trinajstić information content (AvgIpc) is 2.84. The van der Waals surface area contributed by atoms with Crippen LogP contribution in [0.5, 0.6) is 5.88 Å². The summed E-state index contributed by atoms with van der Waals surface area (Å²) in [5.74, 6) is 1.14. The lowest BCUT2D eigenvalue weighted by molar-refractivity contribution is 0.1000. The molecule has 1 heterocycles. The number of ether oxygens (including phenoxy) is 1. The summed E-state index contributed by atoms with van der Waals surface area (Å²) in [6.07, 6.45) is 5.02. The molecule has 0 bridgehead atoms. The van der Waals surface area contributed by atoms with Crippen molar-refractivity contribution in [2.24, 2.45) is 23.3 Å². The lowest BCUT2D eigenvalue weighted by Crippen LogP contribution is -2.23. The second kappa shape index (κ2) is 5.82. The van der Waals surface area contributed by atoms with Crippen molar-refractivity contribution in [3.63, 3.8) is 0 Å². The van der Waals surface area contributed by atoms with Crippen LogP contribution in [-0.4, -0.2) is 24.0 Å². The molecule has 0 aromatic carbocycles. The first-order valence-electron chi connectivity index (χ1n) is 6.29. The van der Waals surface area contributed by atoms with E-state index in [4.69, 9.17) is 16.2 Å². The van der Waals surface area contributed by atoms with E-state index in [1.807, 2.05) is 0 Å². The molecule has 0 spiro atoms. The summed E-state index contributed by atoms with van der Waals surface area (Å²) in [5.41, 5.74) is 11.3. The Morgan fingerprint density at radius 3 is 2.78 bits per heavy atom. The van der Waals surface area contributed by atoms with E-state index in [2.05, 4.69) is 4.98 Å². The first-order valence-corrected chi connectivity index (χ1v) is 6.29. The van der Waals surface area contributed by atoms with E-state index in [1.165, 1.54) is 25.5 Å². The van der Waals surface area contributed by atoms with E-state index in [0.29, 0.717) is 29.9 Å². The summed E-state index contributed by atoms with van der Waals surface area (Å²) in [5, 5.41) is 0. The molecule has 5 heteroatoms. The lowest BCUT2D eigenvalue weighted by atomic mass is 9.97. The Kier molecular flexibility index (Phi) is 4.15. The van der Waals surface area contributed by atoms with Gasteiger partial charge < -0.3 is 16.2 Å². The zero-order chi connectivity index (χ0) is 13.0. The molecular formula is C13H19N3O2. The first-order chi connectivity index (χ1) is 8.70. The van der Waals surface area contributed by atoms with E-state index in [9.17, 15) is 4.79 Å². The van der Waals surface area contributed by atoms with Gasteiger partial charge in [-0.2, -0.15) is 0 Å². The minimum atomic E-state index is -0.479. The summed E-state index contributed by atoms with van der Waals surface area (Å²) in [4.78, 5) is 14.9. The number of nitrogens with two attached hydrogens (primary N) is 2. The molecule has 5 nitrogen and oxygen atoms in total. The van der Waals surface area contributed by atoms with Crippen molar-refractivity contribution in [3.8, 4) is 5.88 Å². The van der Waals surface area contributed by atoms with Gasteiger partial charge in [0.05, 0.1) is 12.2 Å². The van der Waals surface area contributed by atoms with Gasteiger partial charge in [-0.25, -0.2) is 4.98 Å². The Morgan fingerprint density at radius 1 is 1.39 bits per heavy atom. The van der Waals surface area contributed by atoms with Crippen LogP contribution in [0.4, 0.5) is 0 Å². The van der Waals surface area contributed by atoms with Gasteiger partial charge in [0.15, 0.2) is 0 Å². The number of amides is 1. The molecule has 1 saturated carbocycles. The van der Waals surface area contributed by atoms with Gasteiger partial charge in [0.1, 0.15) is 0 Å². The molecular weight excluding hydrogens is 230 g/mol. The third-order valence-electron chi connectivity index (χ3n) is 3.59. The first kappa shape index (κ1) is 12.8. The van der Waals surface area contributed by atoms with Gasteiger partial charge in [0.2, 0.25) is 11.8 Å². The highest BCUT2D eigenvalue weighted by molar-refractivity contribution is 5.92. The number of carbonyl (C=O) groups is 1. The van der Waals surface area contributed by atoms with Gasteiger partial charge >= 0.3 is 0 Å². The van der Waals surface area contributed by atoms with Crippen molar-refractivity contribution in [1.29, 1.82) is 0 Å². The maximum absolute atomic E-state index is 10.9. The van der Waals surface area contributed by atoms with Gasteiger partial charge in [0.25, 0.3) is 0 Å². The predicted octanol–water partition coefficient (Wildman–Crippen LogP) is 0.934. The summed E-state index contributed by atoms with van der Waals surface area (Å²) in [6, 6.07) is 3.30. The molecule has 1 fully saturated rings. The SMILES string of the molecule is NCC1CCCC1COc1ccc(C(N)=O)cn1. The van der Waals surface area contributed by atoms with Crippen LogP contribution in [0.15, 0.2) is 18.3 Å². The van der Waals surface area contributed by atoms with Crippen molar-refractivity contribution < 1.29 is 9.53 Å². The van der Waals surface area contributed by atoms with Crippen molar-refractivity contribution >= 4 is 5.91 Å². The Morgan fingerprint density at radius 2 is 2.17 bits per heavy atom. The molecule has 2 rings (SSSR count). The van der Waals surface area contributed by atoms with Crippen molar-refractivity contribution in [1.82, 2.24) is 4.98 Å². The number of aromatic nitrogens is 1. The Hall–Kier alpha value is -1.62. The molecule has 98 valence electrons. The average molecular weight is 249 g/mol. The molecule has 1 amide bonds. The third kappa shape index (κ3) is 2.98. The fourth-order valence-corrected chi connectivity index (χ4v) is 2.45. The van der Waals surface area contributed by atoms with Crippen LogP contribution in [0.2, 0.25) is 0 Å². The topological polar surface area (TPSA) is 91.2 Å². The third-order valence-corrected chi connectivity index (χ3v) is 3.59. The predicted molar refractivity (Wildman–Crippen MR) is 68.1 cm³/mol. The molecule has 0 radical (unpaired) electrons. The van der Waals surface area contributed by atoms with Gasteiger partial charge in [-0.15, -0.1) is 0 Å². The van der Waals surface area contributed by atoms with E-state index in [0.717, 1.165) is 6.54 Å². The molecule has 2 unspecified atom stereocenters. The van der Waals surface area contributed by atoms with Crippen molar-refractivity contribution in [3.05, 3.63) is 23.9 Å². The maximum Gasteiger partial charge on any atom is 0.250 e. The van der Waals surface area contributed by atoms with E-state index >= 15 is 0 Å². The number of hydrogen-bond acceptors (Lipinski definition) is 4. The van der Waals surface area contributed by atoms with Gasteiger partial charge in [0, 0.05) is 12.3 Å². The van der Waals surface area contributed by atoms with Crippen molar-refractivity contribution in [2.45, 2.75) is 19.3 Å². The number of carbonyl (C=O) groups excluding carboxylic acids is 1. The highest BCUT2D eigenvalue weighted by Gasteiger charge is 2.26. The zero-order valence-corrected chi connectivity index (χ0v) is 10.3. The Balaban J connectivity index is 1.88. The van der Waals surface area contributed by atoms with Crippen molar-refractivity contribution in [2.75, 3.05) is 13.2 Å². The number of nitrogens with zero attached hydrogens (tertiary/aromatic N) is 1. The highest BCUT2D eigenvalue weighted by atomic mass is 16.5. The van der Waals surface area contributed by atoms with E-state index < -0.39 is 5.91 Å². The smallest absolute Gasteiger partial charge is 0.250 e. The normalized spacial score (nSPS) is 22.9. The molecule has 0 saturated heterocycles. The molecule has 1 aromatic heterocycles. The van der Waals surface area contributed by atoms with Gasteiger partial charge in [-0.05, 0) is 37.3 Å². The summed E-state index contributed by atoms with van der Waals surface area (Å²) < 4.78 is 5.64. The summed E-state index contributed by atoms with van der Waals surface area (Å²) in [7, 11) is 0. The molecule has 4 N–H and O–H groups in total. The summed E-state index contributed by atoms with van der Waals surface area (Å²) in [6.45, 7) is 1.37. The van der Waals surface area contributed by atoms with Crippen LogP contribution < -0.4 is 16.2 Å². The molecule has 1 aliphatic rings. The Labute approximate surface area is 107 Å². The largest absolute Gasteiger partial charge is 0.477 e. The molecule has 2 atom stereocenters. The highest BCUT2D eigenvalue weighted by Crippen LogP contribution is 2.31. The van der Waals surface area contributed by atoms with Crippen LogP contribution in [0, 0.1) is 11.8 Å².